The molecule has 102 valence electrons. The highest BCUT2D eigenvalue weighted by Crippen LogP contribution is 2.39. The van der Waals surface area contributed by atoms with Crippen LogP contribution in [0.4, 0.5) is 5.69 Å². The van der Waals surface area contributed by atoms with Gasteiger partial charge in [0.2, 0.25) is 6.79 Å². The highest BCUT2D eigenvalue weighted by Gasteiger charge is 2.17. The van der Waals surface area contributed by atoms with Crippen molar-refractivity contribution in [3.05, 3.63) is 52.0 Å². The molecule has 4 nitrogen and oxygen atoms in total. The molecule has 6 heteroatoms. The molecule has 1 N–H and O–H groups in total. The van der Waals surface area contributed by atoms with Crippen molar-refractivity contribution in [2.75, 3.05) is 12.2 Å². The van der Waals surface area contributed by atoms with Crippen molar-refractivity contribution >= 4 is 35.1 Å². The fourth-order valence-corrected chi connectivity index (χ4v) is 2.17. The molecule has 0 unspecified atom stereocenters. The Labute approximate surface area is 125 Å². The van der Waals surface area contributed by atoms with E-state index < -0.39 is 0 Å². The van der Waals surface area contributed by atoms with Gasteiger partial charge in [0.25, 0.3) is 0 Å². The SMILES string of the molecule is Clc1ccc(N/N=C\c2cc(Cl)c3c(c2)OCO3)cc1. The van der Waals surface area contributed by atoms with Crippen molar-refractivity contribution in [1.82, 2.24) is 0 Å². The zero-order chi connectivity index (χ0) is 13.9. The third-order valence-corrected chi connectivity index (χ3v) is 3.23. The van der Waals surface area contributed by atoms with Gasteiger partial charge in [-0.25, -0.2) is 0 Å². The molecular weight excluding hydrogens is 299 g/mol. The van der Waals surface area contributed by atoms with Crippen LogP contribution in [-0.2, 0) is 0 Å². The standard InChI is InChI=1S/C14H10Cl2N2O2/c15-10-1-3-11(4-2-10)18-17-7-9-5-12(16)14-13(6-9)19-8-20-14/h1-7,18H,8H2/b17-7-. The molecule has 3 rings (SSSR count). The minimum absolute atomic E-state index is 0.193. The van der Waals surface area contributed by atoms with Crippen LogP contribution in [-0.4, -0.2) is 13.0 Å². The van der Waals surface area contributed by atoms with Crippen LogP contribution < -0.4 is 14.9 Å². The molecule has 0 aliphatic carbocycles. The number of hydrazone groups is 1. The third kappa shape index (κ3) is 2.81. The summed E-state index contributed by atoms with van der Waals surface area (Å²) in [6.07, 6.45) is 1.66. The number of ether oxygens (including phenoxy) is 2. The van der Waals surface area contributed by atoms with E-state index in [1.54, 1.807) is 24.4 Å². The Balaban J connectivity index is 1.73. The molecule has 1 aliphatic heterocycles. The van der Waals surface area contributed by atoms with Crippen molar-refractivity contribution in [1.29, 1.82) is 0 Å². The van der Waals surface area contributed by atoms with E-state index >= 15 is 0 Å². The van der Waals surface area contributed by atoms with Gasteiger partial charge in [-0.3, -0.25) is 5.43 Å². The number of anilines is 1. The van der Waals surface area contributed by atoms with E-state index in [-0.39, 0.29) is 6.79 Å². The van der Waals surface area contributed by atoms with Gasteiger partial charge >= 0.3 is 0 Å². The molecule has 1 heterocycles. The van der Waals surface area contributed by atoms with Crippen molar-refractivity contribution in [3.8, 4) is 11.5 Å². The van der Waals surface area contributed by atoms with Crippen LogP contribution in [0.1, 0.15) is 5.56 Å². The molecule has 0 spiro atoms. The van der Waals surface area contributed by atoms with Gasteiger partial charge in [-0.05, 0) is 42.0 Å². The van der Waals surface area contributed by atoms with Crippen molar-refractivity contribution in [2.45, 2.75) is 0 Å². The van der Waals surface area contributed by atoms with E-state index in [1.807, 2.05) is 18.2 Å². The van der Waals surface area contributed by atoms with Crippen molar-refractivity contribution < 1.29 is 9.47 Å². The monoisotopic (exact) mass is 308 g/mol. The fraction of sp³-hybridized carbons (Fsp3) is 0.0714. The molecule has 0 amide bonds. The minimum Gasteiger partial charge on any atom is -0.454 e. The first-order valence-corrected chi connectivity index (χ1v) is 6.62. The van der Waals surface area contributed by atoms with Gasteiger partial charge < -0.3 is 9.47 Å². The summed E-state index contributed by atoms with van der Waals surface area (Å²) in [5, 5.41) is 5.32. The van der Waals surface area contributed by atoms with Gasteiger partial charge in [0.05, 0.1) is 16.9 Å². The fourth-order valence-electron chi connectivity index (χ4n) is 1.77. The van der Waals surface area contributed by atoms with Crippen LogP contribution in [0.15, 0.2) is 41.5 Å². The molecule has 0 saturated carbocycles. The Hall–Kier alpha value is -1.91. The average molecular weight is 309 g/mol. The van der Waals surface area contributed by atoms with Crippen molar-refractivity contribution in [2.24, 2.45) is 5.10 Å². The quantitative estimate of drug-likeness (QED) is 0.683. The normalized spacial score (nSPS) is 12.9. The summed E-state index contributed by atoms with van der Waals surface area (Å²) in [7, 11) is 0. The summed E-state index contributed by atoms with van der Waals surface area (Å²) in [5.74, 6) is 1.21. The number of rotatable bonds is 3. The lowest BCUT2D eigenvalue weighted by atomic mass is 10.2. The van der Waals surface area contributed by atoms with Gasteiger partial charge in [0.15, 0.2) is 11.5 Å². The number of fused-ring (bicyclic) bond motifs is 1. The number of nitrogens with one attached hydrogen (secondary N) is 1. The second-order valence-electron chi connectivity index (χ2n) is 4.11. The first kappa shape index (κ1) is 13.1. The molecular formula is C14H10Cl2N2O2. The number of halogens is 2. The molecule has 0 atom stereocenters. The Morgan fingerprint density at radius 1 is 1.10 bits per heavy atom. The molecule has 1 aliphatic rings. The first-order valence-electron chi connectivity index (χ1n) is 5.86. The van der Waals surface area contributed by atoms with E-state index in [1.165, 1.54) is 0 Å². The maximum atomic E-state index is 6.09. The molecule has 2 aromatic rings. The summed E-state index contributed by atoms with van der Waals surface area (Å²) < 4.78 is 10.5. The molecule has 20 heavy (non-hydrogen) atoms. The second-order valence-corrected chi connectivity index (χ2v) is 4.96. The zero-order valence-electron chi connectivity index (χ0n) is 10.3. The Morgan fingerprint density at radius 3 is 2.70 bits per heavy atom. The second kappa shape index (κ2) is 5.61. The topological polar surface area (TPSA) is 42.9 Å². The van der Waals surface area contributed by atoms with E-state index in [4.69, 9.17) is 32.7 Å². The smallest absolute Gasteiger partial charge is 0.231 e. The Bertz CT molecular complexity index is 657. The Morgan fingerprint density at radius 2 is 1.90 bits per heavy atom. The lowest BCUT2D eigenvalue weighted by molar-refractivity contribution is 0.174. The summed E-state index contributed by atoms with van der Waals surface area (Å²) in [5.41, 5.74) is 4.57. The molecule has 2 aromatic carbocycles. The minimum atomic E-state index is 0.193. The summed E-state index contributed by atoms with van der Waals surface area (Å²) in [4.78, 5) is 0. The third-order valence-electron chi connectivity index (χ3n) is 2.70. The predicted octanol–water partition coefficient (Wildman–Crippen LogP) is 4.17. The van der Waals surface area contributed by atoms with E-state index in [9.17, 15) is 0 Å². The average Bonchev–Trinajstić information content (AvgIpc) is 2.90. The van der Waals surface area contributed by atoms with Crippen LogP contribution in [0.5, 0.6) is 11.5 Å². The highest BCUT2D eigenvalue weighted by atomic mass is 35.5. The lowest BCUT2D eigenvalue weighted by Crippen LogP contribution is -1.93. The number of hydrogen-bond acceptors (Lipinski definition) is 4. The van der Waals surface area contributed by atoms with Gasteiger partial charge in [0.1, 0.15) is 0 Å². The Kier molecular flexibility index (Phi) is 3.67. The van der Waals surface area contributed by atoms with E-state index in [0.717, 1.165) is 11.3 Å². The summed E-state index contributed by atoms with van der Waals surface area (Å²) in [6, 6.07) is 10.8. The van der Waals surface area contributed by atoms with Crippen LogP contribution >= 0.6 is 23.2 Å². The molecule has 0 radical (unpaired) electrons. The van der Waals surface area contributed by atoms with Crippen LogP contribution in [0, 0.1) is 0 Å². The molecule has 0 aromatic heterocycles. The first-order chi connectivity index (χ1) is 9.72. The number of benzene rings is 2. The van der Waals surface area contributed by atoms with Gasteiger partial charge in [-0.2, -0.15) is 5.10 Å². The molecule has 0 saturated heterocycles. The summed E-state index contributed by atoms with van der Waals surface area (Å²) in [6.45, 7) is 0.193. The van der Waals surface area contributed by atoms with Gasteiger partial charge in [-0.1, -0.05) is 23.2 Å². The van der Waals surface area contributed by atoms with Crippen LogP contribution in [0.3, 0.4) is 0 Å². The van der Waals surface area contributed by atoms with Crippen LogP contribution in [0.25, 0.3) is 0 Å². The maximum Gasteiger partial charge on any atom is 0.231 e. The largest absolute Gasteiger partial charge is 0.454 e. The lowest BCUT2D eigenvalue weighted by Gasteiger charge is -2.02. The van der Waals surface area contributed by atoms with E-state index in [0.29, 0.717) is 21.5 Å². The predicted molar refractivity (Wildman–Crippen MR) is 80.2 cm³/mol. The number of nitrogens with zero attached hydrogens (tertiary/aromatic N) is 1. The molecule has 0 bridgehead atoms. The van der Waals surface area contributed by atoms with Crippen molar-refractivity contribution in [3.63, 3.8) is 0 Å². The number of hydrogen-bond donors (Lipinski definition) is 1. The highest BCUT2D eigenvalue weighted by molar-refractivity contribution is 6.32. The van der Waals surface area contributed by atoms with Gasteiger partial charge in [0, 0.05) is 5.02 Å². The maximum absolute atomic E-state index is 6.09. The molecule has 0 fully saturated rings. The summed E-state index contributed by atoms with van der Waals surface area (Å²) >= 11 is 11.9. The van der Waals surface area contributed by atoms with Gasteiger partial charge in [-0.15, -0.1) is 0 Å². The van der Waals surface area contributed by atoms with Crippen LogP contribution in [0.2, 0.25) is 10.0 Å². The van der Waals surface area contributed by atoms with E-state index in [2.05, 4.69) is 10.5 Å². The zero-order valence-corrected chi connectivity index (χ0v) is 11.8.